The lowest BCUT2D eigenvalue weighted by atomic mass is 9.93. The van der Waals surface area contributed by atoms with E-state index in [1.807, 2.05) is 0 Å². The summed E-state index contributed by atoms with van der Waals surface area (Å²) in [6.45, 7) is 0. The van der Waals surface area contributed by atoms with Crippen LogP contribution in [0.3, 0.4) is 0 Å². The quantitative estimate of drug-likeness (QED) is 0.150. The molecule has 0 N–H and O–H groups in total. The molecule has 0 bridgehead atoms. The van der Waals surface area contributed by atoms with E-state index in [-0.39, 0.29) is 0 Å². The summed E-state index contributed by atoms with van der Waals surface area (Å²) in [5, 5.41) is 4.92. The third-order valence-corrected chi connectivity index (χ3v) is 11.8. The number of rotatable bonds is 8. The summed E-state index contributed by atoms with van der Waals surface area (Å²) < 4.78 is 2.41. The van der Waals surface area contributed by atoms with E-state index >= 15 is 0 Å². The maximum absolute atomic E-state index is 2.41. The second-order valence-corrected chi connectivity index (χ2v) is 15.3. The molecule has 0 aliphatic heterocycles. The Balaban J connectivity index is 0.992. The summed E-state index contributed by atoms with van der Waals surface area (Å²) in [7, 11) is 0. The fraction of sp³-hybridized carbons (Fsp3) is 0. The first-order valence-corrected chi connectivity index (χ1v) is 20.6. The molecule has 0 aliphatic carbocycles. The molecule has 11 aromatic rings. The molecule has 1 aromatic heterocycles. The van der Waals surface area contributed by atoms with Gasteiger partial charge in [-0.3, -0.25) is 0 Å². The highest BCUT2D eigenvalue weighted by Gasteiger charge is 2.18. The Morgan fingerprint density at radius 2 is 0.750 bits per heavy atom. The van der Waals surface area contributed by atoms with E-state index in [1.54, 1.807) is 0 Å². The Hall–Kier alpha value is -7.94. The van der Waals surface area contributed by atoms with Gasteiger partial charge in [-0.2, -0.15) is 0 Å². The zero-order chi connectivity index (χ0) is 39.8. The minimum absolute atomic E-state index is 1.10. The molecule has 0 spiro atoms. The van der Waals surface area contributed by atoms with Crippen LogP contribution in [0.15, 0.2) is 243 Å². The van der Waals surface area contributed by atoms with Gasteiger partial charge in [0.15, 0.2) is 0 Å². The smallest absolute Gasteiger partial charge is 0.0547 e. The van der Waals surface area contributed by atoms with E-state index < -0.39 is 0 Å². The molecule has 282 valence electrons. The molecule has 10 aromatic carbocycles. The second-order valence-electron chi connectivity index (χ2n) is 15.3. The molecule has 0 atom stereocenters. The molecule has 60 heavy (non-hydrogen) atoms. The Morgan fingerprint density at radius 1 is 0.283 bits per heavy atom. The van der Waals surface area contributed by atoms with Crippen molar-refractivity contribution in [1.82, 2.24) is 4.57 Å². The number of para-hydroxylation sites is 1. The number of fused-ring (bicyclic) bond motifs is 4. The molecule has 1 heterocycles. The molecule has 11 rings (SSSR count). The molecule has 0 aliphatic rings. The van der Waals surface area contributed by atoms with Crippen LogP contribution in [0, 0.1) is 0 Å². The topological polar surface area (TPSA) is 8.17 Å². The third-order valence-electron chi connectivity index (χ3n) is 11.8. The van der Waals surface area contributed by atoms with Crippen molar-refractivity contribution < 1.29 is 0 Å². The Kier molecular flexibility index (Phi) is 8.87. The van der Waals surface area contributed by atoms with Crippen LogP contribution in [0.4, 0.5) is 17.1 Å². The lowest BCUT2D eigenvalue weighted by Crippen LogP contribution is -2.10. The van der Waals surface area contributed by atoms with Crippen molar-refractivity contribution in [1.29, 1.82) is 0 Å². The first-order chi connectivity index (χ1) is 29.8. The van der Waals surface area contributed by atoms with Gasteiger partial charge >= 0.3 is 0 Å². The van der Waals surface area contributed by atoms with E-state index in [0.29, 0.717) is 0 Å². The van der Waals surface area contributed by atoms with Crippen molar-refractivity contribution in [2.24, 2.45) is 0 Å². The Morgan fingerprint density at radius 3 is 1.42 bits per heavy atom. The van der Waals surface area contributed by atoms with Crippen molar-refractivity contribution in [3.8, 4) is 50.2 Å². The van der Waals surface area contributed by atoms with Gasteiger partial charge < -0.3 is 9.47 Å². The number of nitrogens with zero attached hydrogens (tertiary/aromatic N) is 2. The molecule has 2 heteroatoms. The van der Waals surface area contributed by atoms with E-state index in [1.165, 1.54) is 77.1 Å². The van der Waals surface area contributed by atoms with Gasteiger partial charge in [0.1, 0.15) is 0 Å². The lowest BCUT2D eigenvalue weighted by Gasteiger charge is -2.27. The van der Waals surface area contributed by atoms with Gasteiger partial charge in [-0.25, -0.2) is 0 Å². The summed E-state index contributed by atoms with van der Waals surface area (Å²) in [4.78, 5) is 2.38. The van der Waals surface area contributed by atoms with Gasteiger partial charge in [0, 0.05) is 33.2 Å². The van der Waals surface area contributed by atoms with E-state index in [0.717, 1.165) is 22.7 Å². The summed E-state index contributed by atoms with van der Waals surface area (Å²) in [5.74, 6) is 0. The average molecular weight is 765 g/mol. The van der Waals surface area contributed by atoms with Crippen LogP contribution in [0.5, 0.6) is 0 Å². The second kappa shape index (κ2) is 15.1. The number of aromatic nitrogens is 1. The monoisotopic (exact) mass is 764 g/mol. The molecular formula is C58H40N2. The van der Waals surface area contributed by atoms with Crippen LogP contribution in [0.25, 0.3) is 82.8 Å². The van der Waals surface area contributed by atoms with Crippen molar-refractivity contribution in [2.75, 3.05) is 4.90 Å². The average Bonchev–Trinajstić information content (AvgIpc) is 3.66. The maximum Gasteiger partial charge on any atom is 0.0547 e. The van der Waals surface area contributed by atoms with E-state index in [2.05, 4.69) is 252 Å². The highest BCUT2D eigenvalue weighted by atomic mass is 15.1. The fourth-order valence-corrected chi connectivity index (χ4v) is 8.89. The predicted molar refractivity (Wildman–Crippen MR) is 255 cm³/mol. The Labute approximate surface area is 350 Å². The van der Waals surface area contributed by atoms with Crippen LogP contribution in [-0.2, 0) is 0 Å². The van der Waals surface area contributed by atoms with Crippen molar-refractivity contribution in [3.63, 3.8) is 0 Å². The molecule has 0 radical (unpaired) electrons. The zero-order valence-electron chi connectivity index (χ0n) is 33.0. The minimum atomic E-state index is 1.10. The van der Waals surface area contributed by atoms with Gasteiger partial charge in [-0.15, -0.1) is 0 Å². The van der Waals surface area contributed by atoms with Crippen LogP contribution in [0.2, 0.25) is 0 Å². The van der Waals surface area contributed by atoms with Crippen LogP contribution in [0.1, 0.15) is 0 Å². The van der Waals surface area contributed by atoms with Gasteiger partial charge in [0.2, 0.25) is 0 Å². The summed E-state index contributed by atoms with van der Waals surface area (Å²) in [5.41, 5.74) is 16.5. The van der Waals surface area contributed by atoms with Crippen LogP contribution in [-0.4, -0.2) is 4.57 Å². The SMILES string of the molecule is c1ccc(-c2ccc(N(c3ccc(-c4ccccc4-c4ccc5c6ccccc6n(-c6ccc(-c7ccccc7)cc6)c5c4)cc3)c3cccc4ccccc34)cc2)cc1. The number of benzene rings is 10. The molecule has 0 fully saturated rings. The van der Waals surface area contributed by atoms with Crippen LogP contribution >= 0.6 is 0 Å². The van der Waals surface area contributed by atoms with Crippen molar-refractivity contribution in [2.45, 2.75) is 0 Å². The summed E-state index contributed by atoms with van der Waals surface area (Å²) in [6.07, 6.45) is 0. The molecular weight excluding hydrogens is 725 g/mol. The highest BCUT2D eigenvalue weighted by molar-refractivity contribution is 6.10. The largest absolute Gasteiger partial charge is 0.310 e. The summed E-state index contributed by atoms with van der Waals surface area (Å²) in [6, 6.07) is 87.8. The molecule has 0 unspecified atom stereocenters. The minimum Gasteiger partial charge on any atom is -0.310 e. The van der Waals surface area contributed by atoms with Gasteiger partial charge in [-0.1, -0.05) is 188 Å². The first-order valence-electron chi connectivity index (χ1n) is 20.6. The first kappa shape index (κ1) is 35.2. The predicted octanol–water partition coefficient (Wildman–Crippen LogP) is 16.1. The molecule has 0 amide bonds. The van der Waals surface area contributed by atoms with Crippen molar-refractivity contribution in [3.05, 3.63) is 243 Å². The maximum atomic E-state index is 2.41. The van der Waals surface area contributed by atoms with E-state index in [9.17, 15) is 0 Å². The fourth-order valence-electron chi connectivity index (χ4n) is 8.89. The van der Waals surface area contributed by atoms with Crippen LogP contribution < -0.4 is 4.90 Å². The summed E-state index contributed by atoms with van der Waals surface area (Å²) >= 11 is 0. The molecule has 2 nitrogen and oxygen atoms in total. The third kappa shape index (κ3) is 6.32. The zero-order valence-corrected chi connectivity index (χ0v) is 33.0. The number of hydrogen-bond acceptors (Lipinski definition) is 1. The Bertz CT molecular complexity index is 3270. The molecule has 0 saturated carbocycles. The number of hydrogen-bond donors (Lipinski definition) is 0. The standard InChI is InChI=1S/C58H40N2/c1-3-14-41(15-4-1)43-26-33-48(34-27-43)59(56-25-13-19-45-18-7-8-22-53(45)56)49-37-30-46(31-38-49)51-20-9-10-21-52(51)47-32-39-55-54-23-11-12-24-57(54)60(58(55)40-47)50-35-28-44(29-36-50)42-16-5-2-6-17-42/h1-40H. The number of anilines is 3. The van der Waals surface area contributed by atoms with Gasteiger partial charge in [0.05, 0.1) is 16.7 Å². The molecule has 0 saturated heterocycles. The highest BCUT2D eigenvalue weighted by Crippen LogP contribution is 2.42. The lowest BCUT2D eigenvalue weighted by molar-refractivity contribution is 1.18. The van der Waals surface area contributed by atoms with E-state index in [4.69, 9.17) is 0 Å². The van der Waals surface area contributed by atoms with Crippen molar-refractivity contribution >= 4 is 49.6 Å². The van der Waals surface area contributed by atoms with Gasteiger partial charge in [-0.05, 0) is 104 Å². The normalized spacial score (nSPS) is 11.3. The van der Waals surface area contributed by atoms with Gasteiger partial charge in [0.25, 0.3) is 0 Å².